The highest BCUT2D eigenvalue weighted by atomic mass is 79.9. The van der Waals surface area contributed by atoms with E-state index in [9.17, 15) is 14.0 Å². The fourth-order valence-electron chi connectivity index (χ4n) is 1.83. The van der Waals surface area contributed by atoms with Crippen LogP contribution < -0.4 is 10.6 Å². The number of rotatable bonds is 5. The average molecular weight is 365 g/mol. The zero-order chi connectivity index (χ0) is 15.9. The Bertz CT molecular complexity index is 632. The van der Waals surface area contributed by atoms with E-state index in [1.165, 1.54) is 18.2 Å². The van der Waals surface area contributed by atoms with E-state index in [0.717, 1.165) is 0 Å². The molecule has 6 heteroatoms. The van der Waals surface area contributed by atoms with Crippen LogP contribution in [0.3, 0.4) is 0 Å². The minimum absolute atomic E-state index is 0.0142. The predicted molar refractivity (Wildman–Crippen MR) is 85.2 cm³/mol. The van der Waals surface area contributed by atoms with E-state index in [-0.39, 0.29) is 24.6 Å². The number of nitrogens with one attached hydrogen (secondary N) is 2. The molecule has 114 valence electrons. The summed E-state index contributed by atoms with van der Waals surface area (Å²) in [4.78, 5) is 23.7. The Morgan fingerprint density at radius 2 is 1.36 bits per heavy atom. The lowest BCUT2D eigenvalue weighted by Gasteiger charge is -2.08. The summed E-state index contributed by atoms with van der Waals surface area (Å²) in [7, 11) is 0. The van der Waals surface area contributed by atoms with E-state index in [2.05, 4.69) is 26.6 Å². The molecule has 22 heavy (non-hydrogen) atoms. The largest absolute Gasteiger partial charge is 0.350 e. The highest BCUT2D eigenvalue weighted by Gasteiger charge is 2.11. The van der Waals surface area contributed by atoms with E-state index < -0.39 is 11.7 Å². The van der Waals surface area contributed by atoms with Crippen molar-refractivity contribution < 1.29 is 14.0 Å². The Hall–Kier alpha value is -2.21. The summed E-state index contributed by atoms with van der Waals surface area (Å²) in [6, 6.07) is 12.8. The molecular weight excluding hydrogens is 351 g/mol. The van der Waals surface area contributed by atoms with Crippen LogP contribution in [-0.4, -0.2) is 24.9 Å². The Balaban J connectivity index is 1.80. The fraction of sp³-hybridized carbons (Fsp3) is 0.125. The summed E-state index contributed by atoms with van der Waals surface area (Å²) in [5.74, 6) is -1.32. The van der Waals surface area contributed by atoms with Crippen molar-refractivity contribution in [2.75, 3.05) is 13.1 Å². The van der Waals surface area contributed by atoms with Gasteiger partial charge in [-0.3, -0.25) is 9.59 Å². The van der Waals surface area contributed by atoms with Gasteiger partial charge in [-0.05, 0) is 40.2 Å². The number of hydrogen-bond acceptors (Lipinski definition) is 2. The van der Waals surface area contributed by atoms with Gasteiger partial charge >= 0.3 is 0 Å². The Kier molecular flexibility index (Phi) is 5.66. The van der Waals surface area contributed by atoms with Gasteiger partial charge in [0, 0.05) is 17.6 Å². The highest BCUT2D eigenvalue weighted by molar-refractivity contribution is 9.10. The molecular formula is C16H14BrFN2O2. The predicted octanol–water partition coefficient (Wildman–Crippen LogP) is 2.75. The first-order chi connectivity index (χ1) is 10.6. The van der Waals surface area contributed by atoms with Gasteiger partial charge in [0.1, 0.15) is 5.82 Å². The Morgan fingerprint density at radius 3 is 1.95 bits per heavy atom. The van der Waals surface area contributed by atoms with Crippen LogP contribution in [0.2, 0.25) is 0 Å². The van der Waals surface area contributed by atoms with E-state index in [1.54, 1.807) is 24.3 Å². The normalized spacial score (nSPS) is 10.1. The fourth-order valence-corrected chi connectivity index (χ4v) is 2.30. The molecule has 0 spiro atoms. The standard InChI is InChI=1S/C16H14BrFN2O2/c17-13-7-3-1-5-11(13)15(21)19-9-10-20-16(22)12-6-2-4-8-14(12)18/h1-8H,9-10H2,(H,19,21)(H,20,22). The first-order valence-corrected chi connectivity index (χ1v) is 7.44. The number of hydrogen-bond donors (Lipinski definition) is 2. The molecule has 2 N–H and O–H groups in total. The van der Waals surface area contributed by atoms with Crippen molar-refractivity contribution in [2.45, 2.75) is 0 Å². The molecule has 0 aliphatic carbocycles. The Labute approximate surface area is 135 Å². The third kappa shape index (κ3) is 4.14. The smallest absolute Gasteiger partial charge is 0.254 e. The molecule has 0 bridgehead atoms. The number of benzene rings is 2. The van der Waals surface area contributed by atoms with Crippen LogP contribution >= 0.6 is 15.9 Å². The van der Waals surface area contributed by atoms with Crippen molar-refractivity contribution in [1.82, 2.24) is 10.6 Å². The molecule has 0 fully saturated rings. The van der Waals surface area contributed by atoms with Crippen LogP contribution in [-0.2, 0) is 0 Å². The van der Waals surface area contributed by atoms with Crippen LogP contribution in [0.5, 0.6) is 0 Å². The lowest BCUT2D eigenvalue weighted by atomic mass is 10.2. The molecule has 0 aromatic heterocycles. The summed E-state index contributed by atoms with van der Waals surface area (Å²) >= 11 is 3.30. The zero-order valence-electron chi connectivity index (χ0n) is 11.6. The number of carbonyl (C=O) groups is 2. The van der Waals surface area contributed by atoms with Crippen LogP contribution in [0.25, 0.3) is 0 Å². The summed E-state index contributed by atoms with van der Waals surface area (Å²) < 4.78 is 14.1. The molecule has 2 amide bonds. The molecule has 2 rings (SSSR count). The molecule has 0 heterocycles. The molecule has 4 nitrogen and oxygen atoms in total. The first-order valence-electron chi connectivity index (χ1n) is 6.65. The number of amides is 2. The van der Waals surface area contributed by atoms with Crippen LogP contribution in [0, 0.1) is 5.82 Å². The number of carbonyl (C=O) groups excluding carboxylic acids is 2. The minimum Gasteiger partial charge on any atom is -0.350 e. The maximum Gasteiger partial charge on any atom is 0.254 e. The summed E-state index contributed by atoms with van der Waals surface area (Å²) in [6.07, 6.45) is 0. The first kappa shape index (κ1) is 16.2. The Morgan fingerprint density at radius 1 is 0.864 bits per heavy atom. The second kappa shape index (κ2) is 7.70. The van der Waals surface area contributed by atoms with Crippen LogP contribution in [0.1, 0.15) is 20.7 Å². The van der Waals surface area contributed by atoms with Crippen LogP contribution in [0.4, 0.5) is 4.39 Å². The summed E-state index contributed by atoms with van der Waals surface area (Å²) in [5.41, 5.74) is 0.502. The van der Waals surface area contributed by atoms with E-state index >= 15 is 0 Å². The molecule has 0 unspecified atom stereocenters. The third-order valence-corrected chi connectivity index (χ3v) is 3.62. The minimum atomic E-state index is -0.572. The van der Waals surface area contributed by atoms with Gasteiger partial charge in [0.15, 0.2) is 0 Å². The maximum atomic E-state index is 13.4. The summed E-state index contributed by atoms with van der Waals surface area (Å²) in [6.45, 7) is 0.462. The van der Waals surface area contributed by atoms with E-state index in [4.69, 9.17) is 0 Å². The van der Waals surface area contributed by atoms with Gasteiger partial charge in [-0.25, -0.2) is 4.39 Å². The molecule has 0 atom stereocenters. The van der Waals surface area contributed by atoms with Crippen molar-refractivity contribution in [3.8, 4) is 0 Å². The molecule has 0 saturated carbocycles. The lowest BCUT2D eigenvalue weighted by Crippen LogP contribution is -2.35. The van der Waals surface area contributed by atoms with Crippen molar-refractivity contribution in [1.29, 1.82) is 0 Å². The van der Waals surface area contributed by atoms with Gasteiger partial charge in [0.05, 0.1) is 11.1 Å². The molecule has 0 saturated heterocycles. The number of halogens is 2. The van der Waals surface area contributed by atoms with Gasteiger partial charge < -0.3 is 10.6 Å². The molecule has 0 aliphatic heterocycles. The molecule has 0 radical (unpaired) electrons. The highest BCUT2D eigenvalue weighted by Crippen LogP contribution is 2.15. The lowest BCUT2D eigenvalue weighted by molar-refractivity contribution is 0.0925. The van der Waals surface area contributed by atoms with E-state index in [0.29, 0.717) is 10.0 Å². The van der Waals surface area contributed by atoms with Gasteiger partial charge in [-0.15, -0.1) is 0 Å². The van der Waals surface area contributed by atoms with E-state index in [1.807, 2.05) is 6.07 Å². The molecule has 0 aliphatic rings. The van der Waals surface area contributed by atoms with Gasteiger partial charge in [-0.2, -0.15) is 0 Å². The summed E-state index contributed by atoms with van der Waals surface area (Å²) in [5, 5.41) is 5.24. The quantitative estimate of drug-likeness (QED) is 0.801. The van der Waals surface area contributed by atoms with Crippen LogP contribution in [0.15, 0.2) is 53.0 Å². The van der Waals surface area contributed by atoms with Gasteiger partial charge in [0.25, 0.3) is 11.8 Å². The average Bonchev–Trinajstić information content (AvgIpc) is 2.52. The second-order valence-corrected chi connectivity index (χ2v) is 5.33. The van der Waals surface area contributed by atoms with Crippen molar-refractivity contribution >= 4 is 27.7 Å². The SMILES string of the molecule is O=C(NCCNC(=O)c1ccccc1Br)c1ccccc1F. The van der Waals surface area contributed by atoms with Crippen molar-refractivity contribution in [3.63, 3.8) is 0 Å². The van der Waals surface area contributed by atoms with Gasteiger partial charge in [-0.1, -0.05) is 24.3 Å². The van der Waals surface area contributed by atoms with Gasteiger partial charge in [0.2, 0.25) is 0 Å². The maximum absolute atomic E-state index is 13.4. The second-order valence-electron chi connectivity index (χ2n) is 4.47. The molecule has 2 aromatic rings. The zero-order valence-corrected chi connectivity index (χ0v) is 13.2. The molecule has 2 aromatic carbocycles. The topological polar surface area (TPSA) is 58.2 Å². The van der Waals surface area contributed by atoms with Crippen molar-refractivity contribution in [3.05, 3.63) is 69.9 Å². The third-order valence-electron chi connectivity index (χ3n) is 2.93. The monoisotopic (exact) mass is 364 g/mol. The van der Waals surface area contributed by atoms with Crippen molar-refractivity contribution in [2.24, 2.45) is 0 Å².